The van der Waals surface area contributed by atoms with Crippen LogP contribution in [0.15, 0.2) is 78.1 Å². The van der Waals surface area contributed by atoms with Gasteiger partial charge in [-0.1, -0.05) is 30.3 Å². The zero-order chi connectivity index (χ0) is 21.4. The Morgan fingerprint density at radius 3 is 2.77 bits per heavy atom. The van der Waals surface area contributed by atoms with Crippen LogP contribution in [0.3, 0.4) is 0 Å². The molecule has 0 fully saturated rings. The van der Waals surface area contributed by atoms with Crippen LogP contribution in [-0.2, 0) is 4.79 Å². The summed E-state index contributed by atoms with van der Waals surface area (Å²) in [5.74, 6) is -0.271. The fraction of sp³-hybridized carbons (Fsp3) is 0.0870. The number of aromatic nitrogens is 2. The number of thiophene rings is 1. The second-order valence-electron chi connectivity index (χ2n) is 7.26. The molecule has 0 spiro atoms. The molecular weight excluding hydrogens is 410 g/mol. The summed E-state index contributed by atoms with van der Waals surface area (Å²) in [6.07, 6.45) is 1.71. The van der Waals surface area contributed by atoms with Crippen LogP contribution in [0.5, 0.6) is 0 Å². The molecule has 0 aliphatic carbocycles. The van der Waals surface area contributed by atoms with Crippen molar-refractivity contribution in [3.63, 3.8) is 0 Å². The molecule has 2 aromatic heterocycles. The molecule has 3 heterocycles. The first-order chi connectivity index (χ1) is 15.1. The number of fused-ring (bicyclic) bond motifs is 1. The molecule has 4 N–H and O–H groups in total. The molecule has 4 aromatic rings. The van der Waals surface area contributed by atoms with Gasteiger partial charge in [-0.25, -0.2) is 4.79 Å². The van der Waals surface area contributed by atoms with E-state index in [2.05, 4.69) is 26.1 Å². The van der Waals surface area contributed by atoms with Crippen LogP contribution in [0.2, 0.25) is 0 Å². The normalized spacial score (nSPS) is 16.2. The first-order valence-electron chi connectivity index (χ1n) is 9.76. The second-order valence-corrected chi connectivity index (χ2v) is 8.38. The first kappa shape index (κ1) is 19.1. The van der Waals surface area contributed by atoms with Gasteiger partial charge in [0.15, 0.2) is 0 Å². The molecule has 1 aliphatic rings. The monoisotopic (exact) mass is 429 g/mol. The maximum Gasteiger partial charge on any atom is 0.319 e. The summed E-state index contributed by atoms with van der Waals surface area (Å²) < 4.78 is 0. The standard InChI is InChI=1S/C23H19N5O2S/c1-13-20(22(29)26-16-7-8-17-15(11-16)12-24-28-17)21(27-23(30)25-13)19-10-9-18(31-19)14-5-3-2-4-6-14/h2-12,21H,1H3,(H,24,28)(H,26,29)(H2,25,27,30). The molecule has 5 rings (SSSR count). The fourth-order valence-corrected chi connectivity index (χ4v) is 4.77. The summed E-state index contributed by atoms with van der Waals surface area (Å²) in [5, 5.41) is 16.4. The average molecular weight is 430 g/mol. The lowest BCUT2D eigenvalue weighted by molar-refractivity contribution is -0.113. The number of amides is 3. The number of urea groups is 1. The number of rotatable bonds is 4. The average Bonchev–Trinajstić information content (AvgIpc) is 3.43. The first-order valence-corrected chi connectivity index (χ1v) is 10.6. The fourth-order valence-electron chi connectivity index (χ4n) is 3.69. The van der Waals surface area contributed by atoms with Gasteiger partial charge in [-0.2, -0.15) is 5.10 Å². The Morgan fingerprint density at radius 1 is 1.10 bits per heavy atom. The minimum absolute atomic E-state index is 0.271. The molecule has 1 unspecified atom stereocenters. The zero-order valence-corrected chi connectivity index (χ0v) is 17.4. The summed E-state index contributed by atoms with van der Waals surface area (Å²) in [6.45, 7) is 1.74. The zero-order valence-electron chi connectivity index (χ0n) is 16.6. The van der Waals surface area contributed by atoms with Crippen molar-refractivity contribution in [2.45, 2.75) is 13.0 Å². The van der Waals surface area contributed by atoms with Crippen LogP contribution in [0.4, 0.5) is 10.5 Å². The number of nitrogens with zero attached hydrogens (tertiary/aromatic N) is 1. The largest absolute Gasteiger partial charge is 0.326 e. The van der Waals surface area contributed by atoms with Crippen molar-refractivity contribution >= 4 is 39.9 Å². The van der Waals surface area contributed by atoms with E-state index in [1.54, 1.807) is 24.5 Å². The van der Waals surface area contributed by atoms with Gasteiger partial charge in [-0.15, -0.1) is 11.3 Å². The Morgan fingerprint density at radius 2 is 1.94 bits per heavy atom. The number of carbonyl (C=O) groups excluding carboxylic acids is 2. The number of allylic oxidation sites excluding steroid dienone is 1. The van der Waals surface area contributed by atoms with Crippen molar-refractivity contribution in [3.05, 3.63) is 83.0 Å². The molecule has 7 nitrogen and oxygen atoms in total. The van der Waals surface area contributed by atoms with Gasteiger partial charge < -0.3 is 16.0 Å². The molecule has 3 amide bonds. The predicted molar refractivity (Wildman–Crippen MR) is 122 cm³/mol. The lowest BCUT2D eigenvalue weighted by Crippen LogP contribution is -2.45. The van der Waals surface area contributed by atoms with Crippen LogP contribution in [0.25, 0.3) is 21.3 Å². The van der Waals surface area contributed by atoms with Crippen molar-refractivity contribution in [1.29, 1.82) is 0 Å². The van der Waals surface area contributed by atoms with E-state index in [-0.39, 0.29) is 11.9 Å². The van der Waals surface area contributed by atoms with E-state index in [0.29, 0.717) is 17.0 Å². The number of carbonyl (C=O) groups is 2. The van der Waals surface area contributed by atoms with E-state index >= 15 is 0 Å². The van der Waals surface area contributed by atoms with Crippen molar-refractivity contribution in [1.82, 2.24) is 20.8 Å². The van der Waals surface area contributed by atoms with E-state index in [1.807, 2.05) is 60.7 Å². The summed E-state index contributed by atoms with van der Waals surface area (Å²) in [6, 6.07) is 18.7. The Hall–Kier alpha value is -3.91. The maximum atomic E-state index is 13.2. The number of H-pyrrole nitrogens is 1. The van der Waals surface area contributed by atoms with Gasteiger partial charge in [-0.3, -0.25) is 9.89 Å². The lowest BCUT2D eigenvalue weighted by Gasteiger charge is -2.27. The SMILES string of the molecule is CC1=C(C(=O)Nc2ccc3[nH]ncc3c2)C(c2ccc(-c3ccccc3)s2)NC(=O)N1. The summed E-state index contributed by atoms with van der Waals surface area (Å²) in [7, 11) is 0. The van der Waals surface area contributed by atoms with E-state index in [9.17, 15) is 9.59 Å². The number of nitrogens with one attached hydrogen (secondary N) is 4. The highest BCUT2D eigenvalue weighted by Gasteiger charge is 2.32. The topological polar surface area (TPSA) is 98.9 Å². The molecule has 1 aliphatic heterocycles. The van der Waals surface area contributed by atoms with Crippen LogP contribution >= 0.6 is 11.3 Å². The van der Waals surface area contributed by atoms with Gasteiger partial charge in [0.05, 0.1) is 23.3 Å². The van der Waals surface area contributed by atoms with Crippen LogP contribution < -0.4 is 16.0 Å². The molecule has 0 saturated carbocycles. The predicted octanol–water partition coefficient (Wildman–Crippen LogP) is 4.56. The smallest absolute Gasteiger partial charge is 0.319 e. The molecule has 8 heteroatoms. The van der Waals surface area contributed by atoms with Gasteiger partial charge in [0, 0.05) is 26.5 Å². The van der Waals surface area contributed by atoms with E-state index in [0.717, 1.165) is 26.2 Å². The highest BCUT2D eigenvalue weighted by Crippen LogP contribution is 2.36. The van der Waals surface area contributed by atoms with Crippen LogP contribution in [-0.4, -0.2) is 22.1 Å². The molecule has 2 aromatic carbocycles. The Labute approximate surface area is 182 Å². The number of anilines is 1. The highest BCUT2D eigenvalue weighted by molar-refractivity contribution is 7.15. The molecule has 31 heavy (non-hydrogen) atoms. The highest BCUT2D eigenvalue weighted by atomic mass is 32.1. The Kier molecular flexibility index (Phi) is 4.76. The third-order valence-electron chi connectivity index (χ3n) is 5.18. The summed E-state index contributed by atoms with van der Waals surface area (Å²) in [4.78, 5) is 27.4. The molecule has 0 saturated heterocycles. The summed E-state index contributed by atoms with van der Waals surface area (Å²) in [5.41, 5.74) is 3.66. The lowest BCUT2D eigenvalue weighted by atomic mass is 10.0. The van der Waals surface area contributed by atoms with Crippen LogP contribution in [0.1, 0.15) is 17.8 Å². The molecule has 0 radical (unpaired) electrons. The number of hydrogen-bond donors (Lipinski definition) is 4. The number of aromatic amines is 1. The number of hydrogen-bond acceptors (Lipinski definition) is 4. The van der Waals surface area contributed by atoms with Gasteiger partial charge in [0.1, 0.15) is 0 Å². The van der Waals surface area contributed by atoms with E-state index < -0.39 is 6.04 Å². The van der Waals surface area contributed by atoms with E-state index in [1.165, 1.54) is 0 Å². The van der Waals surface area contributed by atoms with Gasteiger partial charge >= 0.3 is 6.03 Å². The number of benzene rings is 2. The molecule has 1 atom stereocenters. The summed E-state index contributed by atoms with van der Waals surface area (Å²) >= 11 is 1.56. The van der Waals surface area contributed by atoms with Gasteiger partial charge in [0.2, 0.25) is 0 Å². The minimum Gasteiger partial charge on any atom is -0.326 e. The quantitative estimate of drug-likeness (QED) is 0.383. The molecule has 0 bridgehead atoms. The van der Waals surface area contributed by atoms with Crippen molar-refractivity contribution < 1.29 is 9.59 Å². The minimum atomic E-state index is -0.533. The molecule has 154 valence electrons. The van der Waals surface area contributed by atoms with Crippen molar-refractivity contribution in [2.75, 3.05) is 5.32 Å². The van der Waals surface area contributed by atoms with Gasteiger partial charge in [0.25, 0.3) is 5.91 Å². The second kappa shape index (κ2) is 7.73. The Bertz CT molecular complexity index is 1320. The van der Waals surface area contributed by atoms with Crippen molar-refractivity contribution in [3.8, 4) is 10.4 Å². The molecular formula is C23H19N5O2S. The Balaban J connectivity index is 1.46. The van der Waals surface area contributed by atoms with Crippen LogP contribution in [0, 0.1) is 0 Å². The maximum absolute atomic E-state index is 13.2. The van der Waals surface area contributed by atoms with E-state index in [4.69, 9.17) is 0 Å². The third kappa shape index (κ3) is 3.69. The van der Waals surface area contributed by atoms with Crippen molar-refractivity contribution in [2.24, 2.45) is 0 Å². The third-order valence-corrected chi connectivity index (χ3v) is 6.38. The van der Waals surface area contributed by atoms with Gasteiger partial charge in [-0.05, 0) is 42.8 Å².